The fourth-order valence-corrected chi connectivity index (χ4v) is 4.50. The molecule has 0 radical (unpaired) electrons. The Morgan fingerprint density at radius 3 is 2.86 bits per heavy atom. The summed E-state index contributed by atoms with van der Waals surface area (Å²) in [5.41, 5.74) is 2.69. The number of nitrogens with one attached hydrogen (secondary N) is 1. The average molecular weight is 371 g/mol. The number of halogens is 1. The van der Waals surface area contributed by atoms with Crippen molar-refractivity contribution in [1.29, 1.82) is 0 Å². The zero-order valence-corrected chi connectivity index (χ0v) is 15.9. The molecule has 118 valence electrons. The molecule has 0 aliphatic carbocycles. The number of anilines is 1. The molecule has 0 saturated carbocycles. The van der Waals surface area contributed by atoms with Crippen LogP contribution in [0.1, 0.15) is 45.7 Å². The molecule has 1 N–H and O–H groups in total. The lowest BCUT2D eigenvalue weighted by molar-refractivity contribution is 0.570. The van der Waals surface area contributed by atoms with Gasteiger partial charge in [-0.1, -0.05) is 19.9 Å². The van der Waals surface area contributed by atoms with Crippen LogP contribution in [0.25, 0.3) is 0 Å². The number of hydrogen-bond donors (Lipinski definition) is 1. The average Bonchev–Trinajstić information content (AvgIpc) is 2.48. The van der Waals surface area contributed by atoms with Gasteiger partial charge in [0.2, 0.25) is 0 Å². The lowest BCUT2D eigenvalue weighted by Crippen LogP contribution is -2.44. The van der Waals surface area contributed by atoms with Crippen LogP contribution in [0.5, 0.6) is 0 Å². The molecule has 2 rings (SSSR count). The first-order valence-electron chi connectivity index (χ1n) is 7.95. The molecule has 0 spiro atoms. The first-order chi connectivity index (χ1) is 10.0. The van der Waals surface area contributed by atoms with Crippen LogP contribution >= 0.6 is 27.7 Å². The van der Waals surface area contributed by atoms with Crippen molar-refractivity contribution >= 4 is 33.4 Å². The molecule has 1 aromatic rings. The van der Waals surface area contributed by atoms with Crippen LogP contribution in [-0.4, -0.2) is 30.1 Å². The Labute approximate surface area is 142 Å². The molecule has 1 fully saturated rings. The predicted octanol–water partition coefficient (Wildman–Crippen LogP) is 4.84. The maximum Gasteiger partial charge on any atom is 0.0513 e. The topological polar surface area (TPSA) is 15.3 Å². The third-order valence-electron chi connectivity index (χ3n) is 4.37. The second-order valence-electron chi connectivity index (χ2n) is 5.90. The molecule has 0 bridgehead atoms. The number of hydrogen-bond acceptors (Lipinski definition) is 3. The molecule has 0 aromatic heterocycles. The SMILES string of the molecule is CCCNC(C)c1ccc(N2CCSC(C)C2C)c(Br)c1. The van der Waals surface area contributed by atoms with Gasteiger partial charge in [0.05, 0.1) is 5.69 Å². The first kappa shape index (κ1) is 17.2. The van der Waals surface area contributed by atoms with Gasteiger partial charge in [0.15, 0.2) is 0 Å². The Bertz CT molecular complexity index is 466. The Kier molecular flexibility index (Phi) is 6.45. The summed E-state index contributed by atoms with van der Waals surface area (Å²) < 4.78 is 1.22. The van der Waals surface area contributed by atoms with Gasteiger partial charge in [-0.05, 0) is 60.4 Å². The van der Waals surface area contributed by atoms with Gasteiger partial charge in [0.1, 0.15) is 0 Å². The highest BCUT2D eigenvalue weighted by molar-refractivity contribution is 9.10. The first-order valence-corrected chi connectivity index (χ1v) is 9.79. The van der Waals surface area contributed by atoms with Crippen molar-refractivity contribution in [3.63, 3.8) is 0 Å². The fourth-order valence-electron chi connectivity index (χ4n) is 2.78. The van der Waals surface area contributed by atoms with Crippen LogP contribution in [0.15, 0.2) is 22.7 Å². The van der Waals surface area contributed by atoms with E-state index in [9.17, 15) is 0 Å². The number of rotatable bonds is 5. The highest BCUT2D eigenvalue weighted by Gasteiger charge is 2.26. The lowest BCUT2D eigenvalue weighted by Gasteiger charge is -2.39. The maximum absolute atomic E-state index is 3.79. The van der Waals surface area contributed by atoms with Crippen LogP contribution in [0.4, 0.5) is 5.69 Å². The third-order valence-corrected chi connectivity index (χ3v) is 6.34. The van der Waals surface area contributed by atoms with E-state index < -0.39 is 0 Å². The van der Waals surface area contributed by atoms with Crippen molar-refractivity contribution < 1.29 is 0 Å². The minimum absolute atomic E-state index is 0.406. The molecule has 0 amide bonds. The van der Waals surface area contributed by atoms with Crippen LogP contribution in [-0.2, 0) is 0 Å². The largest absolute Gasteiger partial charge is 0.366 e. The summed E-state index contributed by atoms with van der Waals surface area (Å²) in [5.74, 6) is 1.22. The van der Waals surface area contributed by atoms with Crippen LogP contribution in [0.3, 0.4) is 0 Å². The minimum Gasteiger partial charge on any atom is -0.366 e. The van der Waals surface area contributed by atoms with E-state index in [2.05, 4.69) is 83.8 Å². The van der Waals surface area contributed by atoms with Crippen LogP contribution < -0.4 is 10.2 Å². The standard InChI is InChI=1S/C17H27BrN2S/c1-5-8-19-12(2)15-6-7-17(16(18)11-15)20-9-10-21-14(4)13(20)3/h6-7,11-14,19H,5,8-10H2,1-4H3. The summed E-state index contributed by atoms with van der Waals surface area (Å²) >= 11 is 5.87. The Morgan fingerprint density at radius 2 is 2.19 bits per heavy atom. The monoisotopic (exact) mass is 370 g/mol. The van der Waals surface area contributed by atoms with E-state index in [0.717, 1.165) is 13.1 Å². The van der Waals surface area contributed by atoms with E-state index in [0.29, 0.717) is 17.3 Å². The second-order valence-corrected chi connectivity index (χ2v) is 8.24. The number of thioether (sulfide) groups is 1. The minimum atomic E-state index is 0.406. The number of nitrogens with zero attached hydrogens (tertiary/aromatic N) is 1. The van der Waals surface area contributed by atoms with E-state index in [1.165, 1.54) is 27.9 Å². The quantitative estimate of drug-likeness (QED) is 0.797. The van der Waals surface area contributed by atoms with Crippen molar-refractivity contribution in [3.8, 4) is 0 Å². The summed E-state index contributed by atoms with van der Waals surface area (Å²) in [4.78, 5) is 2.54. The zero-order chi connectivity index (χ0) is 15.4. The zero-order valence-electron chi connectivity index (χ0n) is 13.5. The van der Waals surface area contributed by atoms with Gasteiger partial charge in [-0.2, -0.15) is 11.8 Å². The Morgan fingerprint density at radius 1 is 1.43 bits per heavy atom. The van der Waals surface area contributed by atoms with E-state index in [-0.39, 0.29) is 0 Å². The predicted molar refractivity (Wildman–Crippen MR) is 99.6 cm³/mol. The van der Waals surface area contributed by atoms with Gasteiger partial charge in [-0.25, -0.2) is 0 Å². The molecule has 3 atom stereocenters. The molecule has 4 heteroatoms. The summed E-state index contributed by atoms with van der Waals surface area (Å²) in [6, 6.07) is 7.82. The smallest absolute Gasteiger partial charge is 0.0513 e. The van der Waals surface area contributed by atoms with E-state index in [1.807, 2.05) is 0 Å². The summed E-state index contributed by atoms with van der Waals surface area (Å²) in [7, 11) is 0. The summed E-state index contributed by atoms with van der Waals surface area (Å²) in [6.45, 7) is 11.3. The molecule has 1 heterocycles. The van der Waals surface area contributed by atoms with E-state index in [1.54, 1.807) is 0 Å². The second kappa shape index (κ2) is 7.89. The Balaban J connectivity index is 2.15. The molecule has 1 aliphatic rings. The fraction of sp³-hybridized carbons (Fsp3) is 0.647. The third kappa shape index (κ3) is 4.17. The van der Waals surface area contributed by atoms with Gasteiger partial charge in [0, 0.05) is 34.1 Å². The van der Waals surface area contributed by atoms with Gasteiger partial charge in [0.25, 0.3) is 0 Å². The van der Waals surface area contributed by atoms with Crippen LogP contribution in [0.2, 0.25) is 0 Å². The normalized spacial score (nSPS) is 24.1. The highest BCUT2D eigenvalue weighted by atomic mass is 79.9. The molecular formula is C17H27BrN2S. The highest BCUT2D eigenvalue weighted by Crippen LogP contribution is 2.35. The van der Waals surface area contributed by atoms with Crippen molar-refractivity contribution in [2.24, 2.45) is 0 Å². The summed E-state index contributed by atoms with van der Waals surface area (Å²) in [5, 5.41) is 4.24. The molecule has 1 aliphatic heterocycles. The summed E-state index contributed by atoms with van der Waals surface area (Å²) in [6.07, 6.45) is 1.17. The molecule has 2 nitrogen and oxygen atoms in total. The Hall–Kier alpha value is -0.190. The van der Waals surface area contributed by atoms with Gasteiger partial charge < -0.3 is 10.2 Å². The van der Waals surface area contributed by atoms with Crippen molar-refractivity contribution in [2.75, 3.05) is 23.7 Å². The van der Waals surface area contributed by atoms with E-state index >= 15 is 0 Å². The molecule has 3 unspecified atom stereocenters. The lowest BCUT2D eigenvalue weighted by atomic mass is 10.1. The number of benzene rings is 1. The molecule has 1 aromatic carbocycles. The molecule has 1 saturated heterocycles. The van der Waals surface area contributed by atoms with Crippen molar-refractivity contribution in [1.82, 2.24) is 5.32 Å². The van der Waals surface area contributed by atoms with Crippen LogP contribution in [0, 0.1) is 0 Å². The van der Waals surface area contributed by atoms with E-state index in [4.69, 9.17) is 0 Å². The molecule has 21 heavy (non-hydrogen) atoms. The van der Waals surface area contributed by atoms with Crippen molar-refractivity contribution in [3.05, 3.63) is 28.2 Å². The van der Waals surface area contributed by atoms with Gasteiger partial charge in [-0.3, -0.25) is 0 Å². The van der Waals surface area contributed by atoms with Crippen molar-refractivity contribution in [2.45, 2.75) is 51.4 Å². The van der Waals surface area contributed by atoms with Gasteiger partial charge >= 0.3 is 0 Å². The maximum atomic E-state index is 3.79. The molecular weight excluding hydrogens is 344 g/mol. The van der Waals surface area contributed by atoms with Gasteiger partial charge in [-0.15, -0.1) is 0 Å².